The van der Waals surface area contributed by atoms with Crippen molar-refractivity contribution in [2.24, 2.45) is 0 Å². The number of anilines is 1. The van der Waals surface area contributed by atoms with Gasteiger partial charge < -0.3 is 15.1 Å². The predicted molar refractivity (Wildman–Crippen MR) is 104 cm³/mol. The number of Topliss-reactive ketones (excluding diaryl/α,β-unsaturated/α-hetero) is 1. The van der Waals surface area contributed by atoms with Crippen LogP contribution in [0.4, 0.5) is 10.1 Å². The maximum atomic E-state index is 13.9. The van der Waals surface area contributed by atoms with Crippen LogP contribution in [-0.2, 0) is 9.59 Å². The molecule has 146 valence electrons. The van der Waals surface area contributed by atoms with E-state index in [0.29, 0.717) is 31.9 Å². The fourth-order valence-corrected chi connectivity index (χ4v) is 3.09. The van der Waals surface area contributed by atoms with E-state index >= 15 is 0 Å². The molecule has 2 aromatic rings. The zero-order valence-corrected chi connectivity index (χ0v) is 15.7. The van der Waals surface area contributed by atoms with E-state index in [4.69, 9.17) is 0 Å². The number of hydrogen-bond acceptors (Lipinski definition) is 4. The highest BCUT2D eigenvalue weighted by molar-refractivity contribution is 6.43. The standard InChI is InChI=1S/C21H22FN3O3/c1-15-6-8-16(9-7-15)20(27)21(28)23-14-19(26)25-12-10-24(11-13-25)18-5-3-2-4-17(18)22/h2-9H,10-14H2,1H3,(H,23,28). The second-order valence-corrected chi connectivity index (χ2v) is 6.70. The first-order valence-electron chi connectivity index (χ1n) is 9.12. The third kappa shape index (κ3) is 4.54. The van der Waals surface area contributed by atoms with Gasteiger partial charge in [0.15, 0.2) is 0 Å². The Bertz CT molecular complexity index is 875. The van der Waals surface area contributed by atoms with E-state index in [0.717, 1.165) is 5.56 Å². The number of para-hydroxylation sites is 1. The van der Waals surface area contributed by atoms with Gasteiger partial charge in [-0.1, -0.05) is 42.0 Å². The smallest absolute Gasteiger partial charge is 0.292 e. The van der Waals surface area contributed by atoms with Gasteiger partial charge in [-0.25, -0.2) is 4.39 Å². The van der Waals surface area contributed by atoms with Gasteiger partial charge in [-0.2, -0.15) is 0 Å². The average Bonchev–Trinajstić information content (AvgIpc) is 2.72. The summed E-state index contributed by atoms with van der Waals surface area (Å²) in [7, 11) is 0. The summed E-state index contributed by atoms with van der Waals surface area (Å²) >= 11 is 0. The molecule has 0 unspecified atom stereocenters. The molecule has 1 N–H and O–H groups in total. The van der Waals surface area contributed by atoms with Gasteiger partial charge in [-0.3, -0.25) is 14.4 Å². The molecule has 0 radical (unpaired) electrons. The van der Waals surface area contributed by atoms with Crippen LogP contribution in [0.3, 0.4) is 0 Å². The minimum absolute atomic E-state index is 0.240. The van der Waals surface area contributed by atoms with E-state index in [1.807, 2.05) is 11.8 Å². The number of aryl methyl sites for hydroxylation is 1. The van der Waals surface area contributed by atoms with Crippen LogP contribution < -0.4 is 10.2 Å². The Morgan fingerprint density at radius 2 is 1.61 bits per heavy atom. The van der Waals surface area contributed by atoms with Crippen molar-refractivity contribution in [3.63, 3.8) is 0 Å². The molecule has 0 bridgehead atoms. The van der Waals surface area contributed by atoms with Crippen LogP contribution in [0.2, 0.25) is 0 Å². The lowest BCUT2D eigenvalue weighted by atomic mass is 10.1. The molecule has 3 rings (SSSR count). The number of halogens is 1. The fraction of sp³-hybridized carbons (Fsp3) is 0.286. The first kappa shape index (κ1) is 19.5. The molecule has 1 fully saturated rings. The summed E-state index contributed by atoms with van der Waals surface area (Å²) in [6, 6.07) is 13.2. The number of hydrogen-bond donors (Lipinski definition) is 1. The summed E-state index contributed by atoms with van der Waals surface area (Å²) in [6.07, 6.45) is 0. The van der Waals surface area contributed by atoms with Gasteiger partial charge in [0.2, 0.25) is 11.7 Å². The quantitative estimate of drug-likeness (QED) is 0.631. The molecule has 1 aliphatic heterocycles. The fourth-order valence-electron chi connectivity index (χ4n) is 3.09. The number of nitrogens with zero attached hydrogens (tertiary/aromatic N) is 2. The van der Waals surface area contributed by atoms with Gasteiger partial charge >= 0.3 is 0 Å². The van der Waals surface area contributed by atoms with Gasteiger partial charge in [0.1, 0.15) is 5.82 Å². The van der Waals surface area contributed by atoms with Crippen molar-refractivity contribution in [1.29, 1.82) is 0 Å². The molecule has 1 heterocycles. The lowest BCUT2D eigenvalue weighted by Crippen LogP contribution is -2.51. The van der Waals surface area contributed by atoms with E-state index in [1.54, 1.807) is 47.4 Å². The Morgan fingerprint density at radius 3 is 2.25 bits per heavy atom. The Hall–Kier alpha value is -3.22. The van der Waals surface area contributed by atoms with E-state index in [9.17, 15) is 18.8 Å². The van der Waals surface area contributed by atoms with Gasteiger partial charge in [-0.15, -0.1) is 0 Å². The number of carbonyl (C=O) groups excluding carboxylic acids is 3. The van der Waals surface area contributed by atoms with Crippen LogP contribution in [0.1, 0.15) is 15.9 Å². The number of nitrogens with one attached hydrogen (secondary N) is 1. The summed E-state index contributed by atoms with van der Waals surface area (Å²) in [5.41, 5.74) is 1.79. The third-order valence-electron chi connectivity index (χ3n) is 4.75. The summed E-state index contributed by atoms with van der Waals surface area (Å²) in [5, 5.41) is 2.39. The van der Waals surface area contributed by atoms with E-state index in [1.165, 1.54) is 6.07 Å². The van der Waals surface area contributed by atoms with Gasteiger partial charge in [0.05, 0.1) is 12.2 Å². The Labute approximate surface area is 162 Å². The van der Waals surface area contributed by atoms with Crippen molar-refractivity contribution in [1.82, 2.24) is 10.2 Å². The normalized spacial score (nSPS) is 13.9. The summed E-state index contributed by atoms with van der Waals surface area (Å²) in [4.78, 5) is 39.9. The molecule has 28 heavy (non-hydrogen) atoms. The van der Waals surface area contributed by atoms with Crippen molar-refractivity contribution < 1.29 is 18.8 Å². The van der Waals surface area contributed by atoms with Crippen molar-refractivity contribution in [2.75, 3.05) is 37.6 Å². The van der Waals surface area contributed by atoms with E-state index in [2.05, 4.69) is 5.32 Å². The highest BCUT2D eigenvalue weighted by Crippen LogP contribution is 2.20. The average molecular weight is 383 g/mol. The number of ketones is 1. The molecule has 1 saturated heterocycles. The highest BCUT2D eigenvalue weighted by Gasteiger charge is 2.24. The van der Waals surface area contributed by atoms with Crippen LogP contribution in [0.5, 0.6) is 0 Å². The minimum Gasteiger partial charge on any atom is -0.366 e. The molecule has 0 atom stereocenters. The monoisotopic (exact) mass is 383 g/mol. The predicted octanol–water partition coefficient (Wildman–Crippen LogP) is 1.78. The highest BCUT2D eigenvalue weighted by atomic mass is 19.1. The molecule has 0 spiro atoms. The van der Waals surface area contributed by atoms with Crippen molar-refractivity contribution >= 4 is 23.3 Å². The van der Waals surface area contributed by atoms with Gasteiger partial charge in [0, 0.05) is 31.7 Å². The molecule has 2 aromatic carbocycles. The summed E-state index contributed by atoms with van der Waals surface area (Å²) < 4.78 is 13.9. The van der Waals surface area contributed by atoms with Crippen molar-refractivity contribution in [3.05, 3.63) is 65.5 Å². The third-order valence-corrected chi connectivity index (χ3v) is 4.75. The van der Waals surface area contributed by atoms with E-state index in [-0.39, 0.29) is 23.8 Å². The molecule has 0 saturated carbocycles. The largest absolute Gasteiger partial charge is 0.366 e. The van der Waals surface area contributed by atoms with Crippen LogP contribution in [0, 0.1) is 12.7 Å². The van der Waals surface area contributed by atoms with Crippen LogP contribution in [0.25, 0.3) is 0 Å². The lowest BCUT2D eigenvalue weighted by molar-refractivity contribution is -0.132. The van der Waals surface area contributed by atoms with Gasteiger partial charge in [0.25, 0.3) is 5.91 Å². The van der Waals surface area contributed by atoms with Crippen LogP contribution in [-0.4, -0.2) is 55.2 Å². The Balaban J connectivity index is 1.48. The molecule has 1 aliphatic rings. The number of piperazine rings is 1. The SMILES string of the molecule is Cc1ccc(C(=O)C(=O)NCC(=O)N2CCN(c3ccccc3F)CC2)cc1. The number of rotatable bonds is 5. The molecular formula is C21H22FN3O3. The van der Waals surface area contributed by atoms with Gasteiger partial charge in [-0.05, 0) is 19.1 Å². The molecular weight excluding hydrogens is 361 g/mol. The van der Waals surface area contributed by atoms with E-state index < -0.39 is 11.7 Å². The van der Waals surface area contributed by atoms with Crippen molar-refractivity contribution in [3.8, 4) is 0 Å². The second kappa shape index (κ2) is 8.65. The molecule has 6 nitrogen and oxygen atoms in total. The zero-order chi connectivity index (χ0) is 20.1. The second-order valence-electron chi connectivity index (χ2n) is 6.70. The van der Waals surface area contributed by atoms with Crippen LogP contribution in [0.15, 0.2) is 48.5 Å². The number of benzene rings is 2. The lowest BCUT2D eigenvalue weighted by Gasteiger charge is -2.36. The maximum Gasteiger partial charge on any atom is 0.292 e. The molecule has 0 aliphatic carbocycles. The van der Waals surface area contributed by atoms with Crippen LogP contribution >= 0.6 is 0 Å². The summed E-state index contributed by atoms with van der Waals surface area (Å²) in [5.74, 6) is -2.03. The minimum atomic E-state index is -0.804. The Kier molecular flexibility index (Phi) is 6.03. The topological polar surface area (TPSA) is 69.7 Å². The Morgan fingerprint density at radius 1 is 0.964 bits per heavy atom. The zero-order valence-electron chi connectivity index (χ0n) is 15.7. The molecule has 0 aromatic heterocycles. The first-order valence-corrected chi connectivity index (χ1v) is 9.12. The molecule has 7 heteroatoms. The summed E-state index contributed by atoms with van der Waals surface area (Å²) in [6.45, 7) is 3.50. The number of carbonyl (C=O) groups is 3. The maximum absolute atomic E-state index is 13.9. The van der Waals surface area contributed by atoms with Crippen molar-refractivity contribution in [2.45, 2.75) is 6.92 Å². The molecule has 2 amide bonds. The number of amides is 2. The first-order chi connectivity index (χ1) is 13.5.